The van der Waals surface area contributed by atoms with Crippen LogP contribution in [0.25, 0.3) is 0 Å². The van der Waals surface area contributed by atoms with Gasteiger partial charge in [0.25, 0.3) is 0 Å². The Bertz CT molecular complexity index is 949. The predicted molar refractivity (Wildman–Crippen MR) is 115 cm³/mol. The number of nitrogens with one attached hydrogen (secondary N) is 1. The van der Waals surface area contributed by atoms with Crippen LogP contribution in [0, 0.1) is 5.82 Å². The van der Waals surface area contributed by atoms with Crippen LogP contribution in [-0.4, -0.2) is 26.6 Å². The first kappa shape index (κ1) is 22.9. The summed E-state index contributed by atoms with van der Waals surface area (Å²) in [5.74, 6) is -0.918. The Morgan fingerprint density at radius 3 is 1.97 bits per heavy atom. The molecule has 0 radical (unpaired) electrons. The van der Waals surface area contributed by atoms with Crippen molar-refractivity contribution in [2.75, 3.05) is 10.6 Å². The summed E-state index contributed by atoms with van der Waals surface area (Å²) in [7, 11) is -3.75. The molecule has 0 saturated carbocycles. The van der Waals surface area contributed by atoms with Crippen molar-refractivity contribution < 1.29 is 17.6 Å². The van der Waals surface area contributed by atoms with Crippen molar-refractivity contribution >= 4 is 21.6 Å². The fourth-order valence-electron chi connectivity index (χ4n) is 3.09. The lowest BCUT2D eigenvalue weighted by molar-refractivity contribution is -0.122. The number of sulfonamides is 1. The van der Waals surface area contributed by atoms with Crippen LogP contribution < -0.4 is 9.62 Å². The normalized spacial score (nSPS) is 14.2. The third kappa shape index (κ3) is 5.79. The van der Waals surface area contributed by atoms with Crippen molar-refractivity contribution in [3.8, 4) is 0 Å². The van der Waals surface area contributed by atoms with E-state index in [1.165, 1.54) is 24.6 Å². The molecule has 158 valence electrons. The molecule has 0 heterocycles. The van der Waals surface area contributed by atoms with Crippen LogP contribution in [0.1, 0.15) is 51.8 Å². The molecule has 7 heteroatoms. The number of nitrogens with zero attached hydrogens (tertiary/aromatic N) is 1. The van der Waals surface area contributed by atoms with Gasteiger partial charge < -0.3 is 5.32 Å². The first-order valence-corrected chi connectivity index (χ1v) is 11.3. The summed E-state index contributed by atoms with van der Waals surface area (Å²) in [4.78, 5) is 12.8. The second-order valence-electron chi connectivity index (χ2n) is 8.31. The topological polar surface area (TPSA) is 66.5 Å². The average molecular weight is 421 g/mol. The number of hydrogen-bond acceptors (Lipinski definition) is 3. The molecule has 0 aliphatic carbocycles. The molecule has 2 aromatic carbocycles. The van der Waals surface area contributed by atoms with E-state index in [9.17, 15) is 17.6 Å². The average Bonchev–Trinajstić information content (AvgIpc) is 2.61. The zero-order chi connectivity index (χ0) is 22.0. The molecule has 0 unspecified atom stereocenters. The van der Waals surface area contributed by atoms with Crippen LogP contribution in [0.5, 0.6) is 0 Å². The van der Waals surface area contributed by atoms with Gasteiger partial charge in [0.1, 0.15) is 11.9 Å². The molecule has 2 aromatic rings. The van der Waals surface area contributed by atoms with Crippen molar-refractivity contribution in [2.24, 2.45) is 0 Å². The van der Waals surface area contributed by atoms with Crippen LogP contribution in [-0.2, 0) is 20.2 Å². The van der Waals surface area contributed by atoms with E-state index in [1.807, 2.05) is 31.2 Å². The van der Waals surface area contributed by atoms with Gasteiger partial charge in [0.2, 0.25) is 15.9 Å². The highest BCUT2D eigenvalue weighted by Crippen LogP contribution is 2.25. The van der Waals surface area contributed by atoms with Gasteiger partial charge in [-0.1, -0.05) is 45.0 Å². The number of rotatable bonds is 6. The van der Waals surface area contributed by atoms with E-state index in [0.29, 0.717) is 0 Å². The van der Waals surface area contributed by atoms with Crippen molar-refractivity contribution in [2.45, 2.75) is 52.1 Å². The molecule has 0 aliphatic rings. The SMILES string of the molecule is C[C@H](NC(=O)[C@@H](C)N(c1ccc(F)cc1)S(C)(=O)=O)c1ccc(C(C)(C)C)cc1. The summed E-state index contributed by atoms with van der Waals surface area (Å²) < 4.78 is 38.8. The summed E-state index contributed by atoms with van der Waals surface area (Å²) >= 11 is 0. The summed E-state index contributed by atoms with van der Waals surface area (Å²) in [5, 5.41) is 2.87. The maximum atomic E-state index is 13.2. The van der Waals surface area contributed by atoms with Gasteiger partial charge in [-0.25, -0.2) is 12.8 Å². The summed E-state index contributed by atoms with van der Waals surface area (Å²) in [5.41, 5.74) is 2.38. The van der Waals surface area contributed by atoms with E-state index >= 15 is 0 Å². The zero-order valence-electron chi connectivity index (χ0n) is 17.7. The van der Waals surface area contributed by atoms with Crippen LogP contribution in [0.4, 0.5) is 10.1 Å². The monoisotopic (exact) mass is 420 g/mol. The Hall–Kier alpha value is -2.41. The minimum absolute atomic E-state index is 0.0324. The molecule has 2 rings (SSSR count). The number of carbonyl (C=O) groups is 1. The van der Waals surface area contributed by atoms with Crippen LogP contribution in [0.15, 0.2) is 48.5 Å². The van der Waals surface area contributed by atoms with E-state index in [2.05, 4.69) is 26.1 Å². The highest BCUT2D eigenvalue weighted by molar-refractivity contribution is 7.92. The Labute approximate surface area is 173 Å². The molecule has 0 aromatic heterocycles. The number of halogens is 1. The third-order valence-electron chi connectivity index (χ3n) is 4.81. The lowest BCUT2D eigenvalue weighted by Gasteiger charge is -2.29. The van der Waals surface area contributed by atoms with Crippen molar-refractivity contribution in [1.29, 1.82) is 0 Å². The van der Waals surface area contributed by atoms with E-state index in [1.54, 1.807) is 0 Å². The number of carbonyl (C=O) groups excluding carboxylic acids is 1. The first-order valence-electron chi connectivity index (χ1n) is 9.46. The number of hydrogen-bond donors (Lipinski definition) is 1. The van der Waals surface area contributed by atoms with Crippen LogP contribution in [0.3, 0.4) is 0 Å². The van der Waals surface area contributed by atoms with E-state index in [4.69, 9.17) is 0 Å². The summed E-state index contributed by atoms with van der Waals surface area (Å²) in [6, 6.07) is 11.7. The molecule has 0 bridgehead atoms. The van der Waals surface area contributed by atoms with Crippen LogP contribution >= 0.6 is 0 Å². The minimum Gasteiger partial charge on any atom is -0.348 e. The molecule has 0 fully saturated rings. The quantitative estimate of drug-likeness (QED) is 0.763. The predicted octanol–water partition coefficient (Wildman–Crippen LogP) is 4.16. The summed E-state index contributed by atoms with van der Waals surface area (Å²) in [6.07, 6.45) is 1.02. The van der Waals surface area contributed by atoms with Gasteiger partial charge in [0.15, 0.2) is 0 Å². The fraction of sp³-hybridized carbons (Fsp3) is 0.409. The van der Waals surface area contributed by atoms with Gasteiger partial charge in [0, 0.05) is 0 Å². The fourth-order valence-corrected chi connectivity index (χ4v) is 4.26. The van der Waals surface area contributed by atoms with Gasteiger partial charge in [-0.05, 0) is 54.7 Å². The molecule has 29 heavy (non-hydrogen) atoms. The maximum absolute atomic E-state index is 13.2. The Morgan fingerprint density at radius 1 is 1.00 bits per heavy atom. The molecular weight excluding hydrogens is 391 g/mol. The Kier molecular flexibility index (Phi) is 6.73. The number of benzene rings is 2. The van der Waals surface area contributed by atoms with E-state index < -0.39 is 27.8 Å². The van der Waals surface area contributed by atoms with Gasteiger partial charge in [-0.15, -0.1) is 0 Å². The molecule has 0 saturated heterocycles. The maximum Gasteiger partial charge on any atom is 0.244 e. The number of amides is 1. The van der Waals surface area contributed by atoms with Crippen molar-refractivity contribution in [1.82, 2.24) is 5.32 Å². The van der Waals surface area contributed by atoms with Gasteiger partial charge in [-0.2, -0.15) is 0 Å². The van der Waals surface area contributed by atoms with Gasteiger partial charge >= 0.3 is 0 Å². The molecule has 0 spiro atoms. The first-order chi connectivity index (χ1) is 13.3. The second kappa shape index (κ2) is 8.53. The van der Waals surface area contributed by atoms with E-state index in [-0.39, 0.29) is 17.1 Å². The molecule has 1 N–H and O–H groups in total. The summed E-state index contributed by atoms with van der Waals surface area (Å²) in [6.45, 7) is 9.74. The zero-order valence-corrected chi connectivity index (χ0v) is 18.5. The lowest BCUT2D eigenvalue weighted by atomic mass is 9.86. The molecule has 2 atom stereocenters. The van der Waals surface area contributed by atoms with Crippen molar-refractivity contribution in [3.63, 3.8) is 0 Å². The van der Waals surface area contributed by atoms with Crippen molar-refractivity contribution in [3.05, 3.63) is 65.5 Å². The van der Waals surface area contributed by atoms with Gasteiger partial charge in [-0.3, -0.25) is 9.10 Å². The van der Waals surface area contributed by atoms with E-state index in [0.717, 1.165) is 28.3 Å². The molecule has 5 nitrogen and oxygen atoms in total. The lowest BCUT2D eigenvalue weighted by Crippen LogP contribution is -2.48. The Balaban J connectivity index is 2.19. The van der Waals surface area contributed by atoms with Crippen LogP contribution in [0.2, 0.25) is 0 Å². The second-order valence-corrected chi connectivity index (χ2v) is 10.2. The largest absolute Gasteiger partial charge is 0.348 e. The highest BCUT2D eigenvalue weighted by atomic mass is 32.2. The third-order valence-corrected chi connectivity index (χ3v) is 6.05. The minimum atomic E-state index is -3.75. The molecule has 0 aliphatic heterocycles. The Morgan fingerprint density at radius 2 is 1.52 bits per heavy atom. The number of anilines is 1. The highest BCUT2D eigenvalue weighted by Gasteiger charge is 2.30. The van der Waals surface area contributed by atoms with Gasteiger partial charge in [0.05, 0.1) is 18.0 Å². The standard InChI is InChI=1S/C22H29FN2O3S/c1-15(17-7-9-18(10-8-17)22(3,4)5)24-21(26)16(2)25(29(6,27)28)20-13-11-19(23)12-14-20/h7-16H,1-6H3,(H,24,26)/t15-,16+/m0/s1. The molecule has 1 amide bonds. The smallest absolute Gasteiger partial charge is 0.244 e. The molecular formula is C22H29FN2O3S.